The molecule has 6 rings (SSSR count). The summed E-state index contributed by atoms with van der Waals surface area (Å²) in [6, 6.07) is 29.3. The lowest BCUT2D eigenvalue weighted by Gasteiger charge is -2.16. The first kappa shape index (κ1) is 24.8. The zero-order chi connectivity index (χ0) is 26.2. The molecule has 2 unspecified atom stereocenters. The molecule has 0 saturated carbocycles. The van der Waals surface area contributed by atoms with Gasteiger partial charge in [-0.25, -0.2) is 0 Å². The largest absolute Gasteiger partial charge is 0.429 e. The van der Waals surface area contributed by atoms with Crippen LogP contribution in [0.15, 0.2) is 94.6 Å². The Morgan fingerprint density at radius 2 is 1.58 bits per heavy atom. The first-order valence-corrected chi connectivity index (χ1v) is 14.6. The number of para-hydroxylation sites is 1. The van der Waals surface area contributed by atoms with Gasteiger partial charge in [-0.1, -0.05) is 84.6 Å². The zero-order valence-corrected chi connectivity index (χ0v) is 23.3. The van der Waals surface area contributed by atoms with E-state index in [2.05, 4.69) is 83.1 Å². The Morgan fingerprint density at radius 1 is 0.921 bits per heavy atom. The molecule has 2 atom stereocenters. The van der Waals surface area contributed by atoms with Crippen LogP contribution in [0.5, 0.6) is 0 Å². The van der Waals surface area contributed by atoms with Crippen LogP contribution in [0, 0.1) is 0 Å². The lowest BCUT2D eigenvalue weighted by molar-refractivity contribution is -0.562. The number of thiazole rings is 1. The van der Waals surface area contributed by atoms with Gasteiger partial charge >= 0.3 is 5.90 Å². The number of aromatic nitrogens is 1. The molecule has 7 heteroatoms. The number of ether oxygens (including phenoxy) is 1. The van der Waals surface area contributed by atoms with E-state index in [-0.39, 0.29) is 17.7 Å². The van der Waals surface area contributed by atoms with Crippen molar-refractivity contribution in [1.82, 2.24) is 4.57 Å². The van der Waals surface area contributed by atoms with E-state index in [1.807, 2.05) is 42.8 Å². The molecular weight excluding hydrogens is 510 g/mol. The van der Waals surface area contributed by atoms with E-state index in [4.69, 9.17) is 4.74 Å². The van der Waals surface area contributed by atoms with Crippen LogP contribution < -0.4 is 19.7 Å². The van der Waals surface area contributed by atoms with E-state index in [1.54, 1.807) is 23.1 Å². The van der Waals surface area contributed by atoms with Crippen molar-refractivity contribution < 1.29 is 9.31 Å². The molecule has 0 N–H and O–H groups in total. The highest BCUT2D eigenvalue weighted by Crippen LogP contribution is 2.45. The Balaban J connectivity index is 1.51. The first-order chi connectivity index (χ1) is 18.6. The summed E-state index contributed by atoms with van der Waals surface area (Å²) < 4.78 is 12.6. The Bertz CT molecular complexity index is 1690. The highest BCUT2D eigenvalue weighted by atomic mass is 32.2. The molecule has 0 saturated heterocycles. The molecule has 4 aromatic rings. The van der Waals surface area contributed by atoms with Gasteiger partial charge in [-0.3, -0.25) is 9.36 Å². The van der Waals surface area contributed by atoms with Gasteiger partial charge in [-0.15, -0.1) is 11.3 Å². The normalized spacial score (nSPS) is 20.7. The second-order valence-electron chi connectivity index (χ2n) is 9.33. The van der Waals surface area contributed by atoms with E-state index >= 15 is 0 Å². The maximum atomic E-state index is 13.6. The second-order valence-corrected chi connectivity index (χ2v) is 11.4. The molecule has 1 aromatic heterocycles. The molecule has 5 nitrogen and oxygen atoms in total. The van der Waals surface area contributed by atoms with Gasteiger partial charge < -0.3 is 9.64 Å². The summed E-state index contributed by atoms with van der Waals surface area (Å²) in [6.45, 7) is 5.57. The van der Waals surface area contributed by atoms with Gasteiger partial charge in [0.2, 0.25) is 6.04 Å². The molecule has 2 aliphatic rings. The van der Waals surface area contributed by atoms with Crippen LogP contribution >= 0.6 is 23.1 Å². The minimum Gasteiger partial charge on any atom is -0.429 e. The molecule has 38 heavy (non-hydrogen) atoms. The topological polar surface area (TPSA) is 37.5 Å². The Labute approximate surface area is 230 Å². The highest BCUT2D eigenvalue weighted by molar-refractivity contribution is 8.08. The van der Waals surface area contributed by atoms with Crippen LogP contribution in [0.3, 0.4) is 0 Å². The van der Waals surface area contributed by atoms with Crippen molar-refractivity contribution in [2.75, 3.05) is 18.5 Å². The Kier molecular flexibility index (Phi) is 6.72. The average molecular weight is 541 g/mol. The minimum atomic E-state index is -0.147. The number of anilines is 1. The number of thioether (sulfide) groups is 1. The zero-order valence-electron chi connectivity index (χ0n) is 21.7. The van der Waals surface area contributed by atoms with Crippen LogP contribution in [0.4, 0.5) is 5.69 Å². The number of benzene rings is 3. The third-order valence-electron chi connectivity index (χ3n) is 7.17. The molecule has 0 bridgehead atoms. The molecule has 0 radical (unpaired) electrons. The average Bonchev–Trinajstić information content (AvgIpc) is 3.60. The first-order valence-electron chi connectivity index (χ1n) is 13.0. The summed E-state index contributed by atoms with van der Waals surface area (Å²) in [7, 11) is 2.04. The van der Waals surface area contributed by atoms with Gasteiger partial charge in [0.1, 0.15) is 20.8 Å². The van der Waals surface area contributed by atoms with Crippen LogP contribution in [-0.2, 0) is 11.3 Å². The molecular formula is C31H30N3O2S2+. The van der Waals surface area contributed by atoms with Crippen molar-refractivity contribution in [2.45, 2.75) is 37.4 Å². The highest BCUT2D eigenvalue weighted by Gasteiger charge is 2.44. The fourth-order valence-electron chi connectivity index (χ4n) is 5.31. The lowest BCUT2D eigenvalue weighted by Crippen LogP contribution is -2.33. The molecule has 0 fully saturated rings. The minimum absolute atomic E-state index is 0.0384. The Morgan fingerprint density at radius 3 is 2.24 bits per heavy atom. The van der Waals surface area contributed by atoms with Crippen molar-refractivity contribution >= 4 is 45.8 Å². The molecule has 3 aromatic carbocycles. The van der Waals surface area contributed by atoms with E-state index in [0.29, 0.717) is 6.54 Å². The number of fused-ring (bicyclic) bond motifs is 1. The van der Waals surface area contributed by atoms with Crippen LogP contribution in [0.2, 0.25) is 0 Å². The van der Waals surface area contributed by atoms with Gasteiger partial charge in [-0.2, -0.15) is 4.58 Å². The van der Waals surface area contributed by atoms with Crippen molar-refractivity contribution in [2.24, 2.45) is 0 Å². The fraction of sp³-hybridized carbons (Fsp3) is 0.226. The van der Waals surface area contributed by atoms with Gasteiger partial charge in [-0.05, 0) is 31.5 Å². The number of hydrogen-bond donors (Lipinski definition) is 0. The summed E-state index contributed by atoms with van der Waals surface area (Å²) in [4.78, 5) is 16.9. The van der Waals surface area contributed by atoms with Gasteiger partial charge in [0, 0.05) is 24.1 Å². The maximum absolute atomic E-state index is 13.6. The quantitative estimate of drug-likeness (QED) is 0.336. The van der Waals surface area contributed by atoms with Crippen molar-refractivity contribution in [3.05, 3.63) is 116 Å². The lowest BCUT2D eigenvalue weighted by atomic mass is 9.96. The van der Waals surface area contributed by atoms with Gasteiger partial charge in [0.05, 0.1) is 11.8 Å². The summed E-state index contributed by atoms with van der Waals surface area (Å²) in [6.07, 6.45) is 1.92. The predicted molar refractivity (Wildman–Crippen MR) is 157 cm³/mol. The van der Waals surface area contributed by atoms with Gasteiger partial charge in [0.25, 0.3) is 5.56 Å². The van der Waals surface area contributed by atoms with E-state index in [0.717, 1.165) is 37.9 Å². The molecule has 3 heterocycles. The molecule has 2 aliphatic heterocycles. The van der Waals surface area contributed by atoms with Crippen molar-refractivity contribution in [1.29, 1.82) is 0 Å². The number of nitrogens with zero attached hydrogens (tertiary/aromatic N) is 3. The third kappa shape index (κ3) is 4.20. The van der Waals surface area contributed by atoms with Crippen LogP contribution in [0.1, 0.15) is 37.1 Å². The molecule has 0 aliphatic carbocycles. The van der Waals surface area contributed by atoms with Crippen molar-refractivity contribution in [3.63, 3.8) is 0 Å². The third-order valence-corrected chi connectivity index (χ3v) is 9.66. The van der Waals surface area contributed by atoms with Crippen LogP contribution in [0.25, 0.3) is 11.1 Å². The summed E-state index contributed by atoms with van der Waals surface area (Å²) in [5.74, 6) is 0.797. The summed E-state index contributed by atoms with van der Waals surface area (Å²) in [5.41, 5.74) is 3.53. The van der Waals surface area contributed by atoms with E-state index in [1.165, 1.54) is 10.5 Å². The smallest absolute Gasteiger partial charge is 0.366 e. The predicted octanol–water partition coefficient (Wildman–Crippen LogP) is 4.96. The summed E-state index contributed by atoms with van der Waals surface area (Å²) in [5, 5.41) is 0.983. The fourth-order valence-corrected chi connectivity index (χ4v) is 7.75. The standard InChI is InChI=1S/C31H30N3O2S2/c1-4-33-25(36-28(22-16-10-7-11-17-22)27(33)21-14-8-6-9-15-21)20-26-34(5-2)30(35)29(38-26)31-32(3)23-18-12-13-19-24(23)37-31/h6-20,27-28H,4-5H2,1-3H3/q+1. The monoisotopic (exact) mass is 540 g/mol. The van der Waals surface area contributed by atoms with Gasteiger partial charge in [0.15, 0.2) is 6.10 Å². The van der Waals surface area contributed by atoms with Crippen molar-refractivity contribution in [3.8, 4) is 0 Å². The SMILES string of the molecule is CCn1c(=CC2=[N+](CC)C(c3ccccc3)C(c3ccccc3)O2)sc(=C2Sc3ccccc3N2C)c1=O. The number of likely N-dealkylation sites (N-methyl/N-ethyl adjacent to an activating group) is 1. The Hall–Kier alpha value is -3.55. The maximum Gasteiger partial charge on any atom is 0.366 e. The number of hydrogen-bond acceptors (Lipinski definition) is 5. The van der Waals surface area contributed by atoms with Crippen LogP contribution in [-0.4, -0.2) is 28.6 Å². The molecule has 0 spiro atoms. The summed E-state index contributed by atoms with van der Waals surface area (Å²) >= 11 is 3.21. The molecule has 0 amide bonds. The molecule has 192 valence electrons. The van der Waals surface area contributed by atoms with E-state index in [9.17, 15) is 4.79 Å². The second kappa shape index (κ2) is 10.3. The van der Waals surface area contributed by atoms with E-state index < -0.39 is 0 Å². The number of rotatable bonds is 5.